The number of benzene rings is 1. The molecule has 2 heterocycles. The Morgan fingerprint density at radius 1 is 1.34 bits per heavy atom. The zero-order valence-electron chi connectivity index (χ0n) is 16.7. The number of hydrogen-bond donors (Lipinski definition) is 3. The van der Waals surface area contributed by atoms with Crippen molar-refractivity contribution in [2.45, 2.75) is 37.8 Å². The highest BCUT2D eigenvalue weighted by Crippen LogP contribution is 2.36. The molecule has 7 heteroatoms. The zero-order valence-corrected chi connectivity index (χ0v) is 16.7. The number of pyridine rings is 1. The Labute approximate surface area is 170 Å². The molecule has 1 aromatic carbocycles. The number of halogens is 1. The van der Waals surface area contributed by atoms with Crippen LogP contribution in [-0.2, 0) is 12.0 Å². The van der Waals surface area contributed by atoms with Crippen molar-refractivity contribution in [2.75, 3.05) is 31.1 Å². The number of anilines is 1. The number of nitrogens with one attached hydrogen (secondary N) is 2. The summed E-state index contributed by atoms with van der Waals surface area (Å²) in [6, 6.07) is 11.2. The van der Waals surface area contributed by atoms with E-state index in [1.807, 2.05) is 30.0 Å². The van der Waals surface area contributed by atoms with E-state index in [0.717, 1.165) is 31.5 Å². The van der Waals surface area contributed by atoms with Gasteiger partial charge in [-0.2, -0.15) is 0 Å². The van der Waals surface area contributed by atoms with Gasteiger partial charge in [-0.05, 0) is 49.4 Å². The van der Waals surface area contributed by atoms with Crippen molar-refractivity contribution in [1.82, 2.24) is 15.6 Å². The van der Waals surface area contributed by atoms with E-state index in [9.17, 15) is 9.50 Å². The minimum atomic E-state index is -0.919. The van der Waals surface area contributed by atoms with Crippen LogP contribution < -0.4 is 15.5 Å². The Kier molecular flexibility index (Phi) is 5.67. The molecule has 0 spiro atoms. The van der Waals surface area contributed by atoms with Crippen LogP contribution in [0.2, 0.25) is 0 Å². The maximum atomic E-state index is 14.0. The van der Waals surface area contributed by atoms with Crippen molar-refractivity contribution >= 4 is 11.8 Å². The summed E-state index contributed by atoms with van der Waals surface area (Å²) in [4.78, 5) is 10.8. The third-order valence-electron chi connectivity index (χ3n) is 5.74. The minimum Gasteiger partial charge on any atom is -0.383 e. The predicted molar refractivity (Wildman–Crippen MR) is 113 cm³/mol. The first kappa shape index (κ1) is 19.6. The maximum Gasteiger partial charge on any atom is 0.191 e. The van der Waals surface area contributed by atoms with E-state index in [4.69, 9.17) is 0 Å². The largest absolute Gasteiger partial charge is 0.383 e. The van der Waals surface area contributed by atoms with Gasteiger partial charge in [0.25, 0.3) is 0 Å². The minimum absolute atomic E-state index is 0.139. The molecule has 0 saturated carbocycles. The lowest BCUT2D eigenvalue weighted by molar-refractivity contribution is 0.0485. The van der Waals surface area contributed by atoms with Gasteiger partial charge in [0.05, 0.1) is 6.54 Å². The number of aliphatic hydroxyl groups is 1. The fraction of sp³-hybridized carbons (Fsp3) is 0.455. The Morgan fingerprint density at radius 2 is 2.21 bits per heavy atom. The van der Waals surface area contributed by atoms with Crippen molar-refractivity contribution < 1.29 is 9.50 Å². The number of aliphatic imine (C=N–C) groups is 1. The fourth-order valence-corrected chi connectivity index (χ4v) is 4.24. The highest BCUT2D eigenvalue weighted by molar-refractivity contribution is 5.80. The SMILES string of the molecule is CCNC(=NCC1(O)CCc2ccccc21)NC1CCN(c2ncccc2F)C1. The molecule has 29 heavy (non-hydrogen) atoms. The molecule has 2 unspecified atom stereocenters. The lowest BCUT2D eigenvalue weighted by atomic mass is 9.96. The van der Waals surface area contributed by atoms with E-state index in [0.29, 0.717) is 31.3 Å². The van der Waals surface area contributed by atoms with Crippen LogP contribution in [0.1, 0.15) is 30.9 Å². The molecule has 1 aliphatic heterocycles. The molecule has 6 nitrogen and oxygen atoms in total. The topological polar surface area (TPSA) is 72.8 Å². The van der Waals surface area contributed by atoms with Gasteiger partial charge in [-0.15, -0.1) is 0 Å². The van der Waals surface area contributed by atoms with E-state index in [1.165, 1.54) is 11.6 Å². The lowest BCUT2D eigenvalue weighted by Gasteiger charge is -2.24. The summed E-state index contributed by atoms with van der Waals surface area (Å²) in [5.41, 5.74) is 1.27. The summed E-state index contributed by atoms with van der Waals surface area (Å²) in [6.45, 7) is 4.45. The van der Waals surface area contributed by atoms with Gasteiger partial charge in [0.1, 0.15) is 5.60 Å². The normalized spacial score (nSPS) is 23.9. The molecule has 3 N–H and O–H groups in total. The molecule has 0 bridgehead atoms. The van der Waals surface area contributed by atoms with Crippen LogP contribution in [0.5, 0.6) is 0 Å². The fourth-order valence-electron chi connectivity index (χ4n) is 4.24. The van der Waals surface area contributed by atoms with Gasteiger partial charge in [-0.1, -0.05) is 24.3 Å². The molecular weight excluding hydrogens is 369 g/mol. The number of guanidine groups is 1. The van der Waals surface area contributed by atoms with Crippen LogP contribution in [0.15, 0.2) is 47.6 Å². The van der Waals surface area contributed by atoms with Gasteiger partial charge in [-0.25, -0.2) is 14.4 Å². The number of aromatic nitrogens is 1. The summed E-state index contributed by atoms with van der Waals surface area (Å²) in [7, 11) is 0. The second-order valence-electron chi connectivity index (χ2n) is 7.77. The number of rotatable bonds is 5. The maximum absolute atomic E-state index is 14.0. The molecule has 0 amide bonds. The van der Waals surface area contributed by atoms with Crippen LogP contribution in [-0.4, -0.2) is 48.3 Å². The van der Waals surface area contributed by atoms with E-state index >= 15 is 0 Å². The molecule has 4 rings (SSSR count). The number of aryl methyl sites for hydroxylation is 1. The third-order valence-corrected chi connectivity index (χ3v) is 5.74. The van der Waals surface area contributed by atoms with Crippen LogP contribution in [0.4, 0.5) is 10.2 Å². The van der Waals surface area contributed by atoms with E-state index < -0.39 is 5.60 Å². The summed E-state index contributed by atoms with van der Waals surface area (Å²) in [6.07, 6.45) is 4.04. The Morgan fingerprint density at radius 3 is 3.03 bits per heavy atom. The van der Waals surface area contributed by atoms with Crippen LogP contribution in [0.3, 0.4) is 0 Å². The summed E-state index contributed by atoms with van der Waals surface area (Å²) in [5.74, 6) is 0.783. The Hall–Kier alpha value is -2.67. The number of fused-ring (bicyclic) bond motifs is 1. The number of nitrogens with zero attached hydrogens (tertiary/aromatic N) is 3. The first-order valence-corrected chi connectivity index (χ1v) is 10.3. The second kappa shape index (κ2) is 8.37. The Balaban J connectivity index is 1.42. The van der Waals surface area contributed by atoms with E-state index in [-0.39, 0.29) is 11.9 Å². The summed E-state index contributed by atoms with van der Waals surface area (Å²) >= 11 is 0. The van der Waals surface area contributed by atoms with Gasteiger partial charge in [0.2, 0.25) is 0 Å². The quantitative estimate of drug-likeness (QED) is 0.533. The van der Waals surface area contributed by atoms with Crippen LogP contribution in [0, 0.1) is 5.82 Å². The van der Waals surface area contributed by atoms with Gasteiger partial charge in [0, 0.05) is 31.9 Å². The highest BCUT2D eigenvalue weighted by Gasteiger charge is 2.36. The molecule has 1 aromatic heterocycles. The molecule has 1 fully saturated rings. The van der Waals surface area contributed by atoms with Crippen molar-refractivity contribution in [2.24, 2.45) is 4.99 Å². The standard InChI is InChI=1S/C22H28FN5O/c1-2-24-21(26-15-22(29)11-9-16-6-3-4-7-18(16)22)27-17-10-13-28(14-17)20-19(23)8-5-12-25-20/h3-8,12,17,29H,2,9-11,13-15H2,1H3,(H2,24,26,27). The molecule has 0 radical (unpaired) electrons. The van der Waals surface area contributed by atoms with Gasteiger partial charge < -0.3 is 20.6 Å². The van der Waals surface area contributed by atoms with Crippen LogP contribution >= 0.6 is 0 Å². The van der Waals surface area contributed by atoms with Crippen LogP contribution in [0.25, 0.3) is 0 Å². The molecule has 1 saturated heterocycles. The zero-order chi connectivity index (χ0) is 20.3. The van der Waals surface area contributed by atoms with Crippen molar-refractivity contribution in [3.05, 3.63) is 59.5 Å². The average Bonchev–Trinajstić information content (AvgIpc) is 3.32. The molecule has 2 atom stereocenters. The molecule has 1 aliphatic carbocycles. The molecular formula is C22H28FN5O. The van der Waals surface area contributed by atoms with Gasteiger partial charge in [-0.3, -0.25) is 0 Å². The van der Waals surface area contributed by atoms with Crippen molar-refractivity contribution in [1.29, 1.82) is 0 Å². The number of hydrogen-bond acceptors (Lipinski definition) is 4. The summed E-state index contributed by atoms with van der Waals surface area (Å²) < 4.78 is 14.0. The Bertz CT molecular complexity index is 889. The van der Waals surface area contributed by atoms with Crippen molar-refractivity contribution in [3.63, 3.8) is 0 Å². The van der Waals surface area contributed by atoms with E-state index in [1.54, 1.807) is 12.3 Å². The van der Waals surface area contributed by atoms with Gasteiger partial charge >= 0.3 is 0 Å². The molecule has 2 aliphatic rings. The predicted octanol–water partition coefficient (Wildman–Crippen LogP) is 2.19. The van der Waals surface area contributed by atoms with Crippen molar-refractivity contribution in [3.8, 4) is 0 Å². The molecule has 2 aromatic rings. The second-order valence-corrected chi connectivity index (χ2v) is 7.77. The van der Waals surface area contributed by atoms with E-state index in [2.05, 4.69) is 26.7 Å². The van der Waals surface area contributed by atoms with Gasteiger partial charge in [0.15, 0.2) is 17.6 Å². The third kappa shape index (κ3) is 4.19. The first-order valence-electron chi connectivity index (χ1n) is 10.3. The highest BCUT2D eigenvalue weighted by atomic mass is 19.1. The molecule has 154 valence electrons. The monoisotopic (exact) mass is 397 g/mol. The average molecular weight is 397 g/mol. The summed E-state index contributed by atoms with van der Waals surface area (Å²) in [5, 5.41) is 17.8. The smallest absolute Gasteiger partial charge is 0.191 e. The lowest BCUT2D eigenvalue weighted by Crippen LogP contribution is -2.45. The first-order chi connectivity index (χ1) is 14.1.